The first-order valence-corrected chi connectivity index (χ1v) is 1.55. The first-order valence-electron chi connectivity index (χ1n) is 0.516. The molecule has 3 nitrogen and oxygen atoms in total. The average Bonchev–Trinajstić information content (AvgIpc) is 0.811. The molecular formula is HCdO3SSe-. The fourth-order valence-corrected chi connectivity index (χ4v) is 0. The van der Waals surface area contributed by atoms with Gasteiger partial charge in [-0.1, -0.05) is 0 Å². The third kappa shape index (κ3) is 55.5. The van der Waals surface area contributed by atoms with Gasteiger partial charge in [0.2, 0.25) is 0 Å². The van der Waals surface area contributed by atoms with Crippen molar-refractivity contribution in [1.82, 2.24) is 0 Å². The Balaban J connectivity index is -0.0000000450. The molecule has 0 aromatic heterocycles. The SMILES string of the molecule is O=[S-](=O)O.[Cd+2].[Se-2]. The van der Waals surface area contributed by atoms with Gasteiger partial charge in [0, 0.05) is 11.0 Å². The number of hydrogen-bond acceptors (Lipinski definition) is 3. The fourth-order valence-electron chi connectivity index (χ4n) is 0. The molecule has 0 aromatic carbocycles. The molecule has 34 valence electrons. The van der Waals surface area contributed by atoms with Gasteiger partial charge in [0.15, 0.2) is 0 Å². The molecule has 0 atom stereocenters. The maximum absolute atomic E-state index is 8.56. The van der Waals surface area contributed by atoms with Gasteiger partial charge in [0.25, 0.3) is 0 Å². The zero-order chi connectivity index (χ0) is 3.58. The molecule has 1 N–H and O–H groups in total. The van der Waals surface area contributed by atoms with Gasteiger partial charge in [-0.2, -0.15) is 0 Å². The van der Waals surface area contributed by atoms with E-state index in [9.17, 15) is 0 Å². The minimum Gasteiger partial charge on any atom is -2.00 e. The first-order chi connectivity index (χ1) is 1.73. The topological polar surface area (TPSA) is 54.4 Å². The van der Waals surface area contributed by atoms with Gasteiger partial charge in [-0.3, -0.25) is 0 Å². The van der Waals surface area contributed by atoms with Crippen LogP contribution < -0.4 is 0 Å². The summed E-state index contributed by atoms with van der Waals surface area (Å²) in [7, 11) is -2.86. The van der Waals surface area contributed by atoms with E-state index in [1.165, 1.54) is 0 Å². The van der Waals surface area contributed by atoms with Crippen LogP contribution in [0.3, 0.4) is 0 Å². The molecule has 6 heavy (non-hydrogen) atoms. The van der Waals surface area contributed by atoms with Crippen molar-refractivity contribution in [3.8, 4) is 0 Å². The second kappa shape index (κ2) is 9.61. The first kappa shape index (κ1) is 15.7. The molecule has 0 aliphatic heterocycles. The van der Waals surface area contributed by atoms with Crippen molar-refractivity contribution >= 4 is 28.1 Å². The molecule has 0 radical (unpaired) electrons. The predicted octanol–water partition coefficient (Wildman–Crippen LogP) is -0.615. The molecular weight excluding hydrogens is 271 g/mol. The molecule has 0 fully saturated rings. The zero-order valence-electron chi connectivity index (χ0n) is 2.79. The Morgan fingerprint density at radius 2 is 1.33 bits per heavy atom. The van der Waals surface area contributed by atoms with Crippen molar-refractivity contribution in [3.63, 3.8) is 0 Å². The van der Waals surface area contributed by atoms with Crippen molar-refractivity contribution in [1.29, 1.82) is 0 Å². The second-order valence-electron chi connectivity index (χ2n) is 0.217. The van der Waals surface area contributed by atoms with Gasteiger partial charge in [-0.05, 0) is 0 Å². The van der Waals surface area contributed by atoms with Crippen LogP contribution >= 0.6 is 0 Å². The molecule has 6 heteroatoms. The van der Waals surface area contributed by atoms with E-state index in [0.717, 1.165) is 0 Å². The Hall–Kier alpha value is 1.35. The Labute approximate surface area is 67.9 Å². The number of rotatable bonds is 0. The van der Waals surface area contributed by atoms with Gasteiger partial charge < -0.3 is 30.0 Å². The van der Waals surface area contributed by atoms with Crippen LogP contribution in [0.5, 0.6) is 0 Å². The standard InChI is InChI=1S/Cd.HO3S.Se/c;1-4(2)3;/h;(H,1,2,3);/q+2;-1;-2. The third-order valence-electron chi connectivity index (χ3n) is 0. The fraction of sp³-hybridized carbons (Fsp3) is 0. The van der Waals surface area contributed by atoms with Crippen molar-refractivity contribution in [2.45, 2.75) is 0 Å². The van der Waals surface area contributed by atoms with Crippen LogP contribution in [0.15, 0.2) is 0 Å². The van der Waals surface area contributed by atoms with E-state index < -0.39 is 11.0 Å². The van der Waals surface area contributed by atoms with E-state index in [2.05, 4.69) is 0 Å². The second-order valence-corrected chi connectivity index (χ2v) is 0.651. The van der Waals surface area contributed by atoms with Crippen LogP contribution in [0.2, 0.25) is 0 Å². The summed E-state index contributed by atoms with van der Waals surface area (Å²) in [5.41, 5.74) is 0. The monoisotopic (exact) mass is 275 g/mol. The summed E-state index contributed by atoms with van der Waals surface area (Å²) in [6.07, 6.45) is 0. The Morgan fingerprint density at radius 3 is 1.33 bits per heavy atom. The van der Waals surface area contributed by atoms with Gasteiger partial charge in [0.05, 0.1) is 0 Å². The maximum Gasteiger partial charge on any atom is 2.00 e. The molecule has 0 saturated carbocycles. The normalized spacial score (nSPS) is 5.67. The molecule has 0 aliphatic rings. The van der Waals surface area contributed by atoms with Crippen LogP contribution in [-0.4, -0.2) is 21.6 Å². The molecule has 0 unspecified atom stereocenters. The van der Waals surface area contributed by atoms with Crippen LogP contribution in [0.1, 0.15) is 0 Å². The summed E-state index contributed by atoms with van der Waals surface area (Å²) >= 11 is 0. The van der Waals surface area contributed by atoms with Crippen LogP contribution in [0, 0.1) is 0 Å². The quantitative estimate of drug-likeness (QED) is 0.277. The molecule has 0 spiro atoms. The summed E-state index contributed by atoms with van der Waals surface area (Å²) in [5, 5.41) is 0. The van der Waals surface area contributed by atoms with Crippen molar-refractivity contribution < 1.29 is 40.3 Å². The summed E-state index contributed by atoms with van der Waals surface area (Å²) in [4.78, 5) is 0. The molecule has 0 aliphatic carbocycles. The van der Waals surface area contributed by atoms with Crippen molar-refractivity contribution in [2.24, 2.45) is 0 Å². The van der Waals surface area contributed by atoms with Crippen molar-refractivity contribution in [3.05, 3.63) is 0 Å². The van der Waals surface area contributed by atoms with Crippen molar-refractivity contribution in [2.75, 3.05) is 0 Å². The zero-order valence-corrected chi connectivity index (χ0v) is 9.35. The van der Waals surface area contributed by atoms with E-state index in [-0.39, 0.29) is 44.4 Å². The summed E-state index contributed by atoms with van der Waals surface area (Å²) in [5.74, 6) is 0. The Kier molecular flexibility index (Phi) is 25.1. The Morgan fingerprint density at radius 1 is 1.33 bits per heavy atom. The van der Waals surface area contributed by atoms with E-state index in [4.69, 9.17) is 13.0 Å². The third-order valence-corrected chi connectivity index (χ3v) is 0. The smallest absolute Gasteiger partial charge is 2.00 e. The predicted molar refractivity (Wildman–Crippen MR) is 17.1 cm³/mol. The summed E-state index contributed by atoms with van der Waals surface area (Å²) in [6.45, 7) is 0. The maximum atomic E-state index is 8.56. The van der Waals surface area contributed by atoms with Crippen LogP contribution in [-0.2, 0) is 46.7 Å². The van der Waals surface area contributed by atoms with Gasteiger partial charge in [-0.25, -0.2) is 0 Å². The van der Waals surface area contributed by atoms with E-state index in [0.29, 0.717) is 0 Å². The molecule has 0 heterocycles. The van der Waals surface area contributed by atoms with Gasteiger partial charge in [0.1, 0.15) is 0 Å². The molecule has 0 saturated heterocycles. The van der Waals surface area contributed by atoms with Crippen LogP contribution in [0.25, 0.3) is 0 Å². The van der Waals surface area contributed by atoms with Gasteiger partial charge >= 0.3 is 27.3 Å². The Bertz CT molecular complexity index is 59.2. The number of hydrogen-bond donors (Lipinski definition) is 1. The van der Waals surface area contributed by atoms with E-state index in [1.807, 2.05) is 0 Å². The average molecular weight is 272 g/mol. The minimum atomic E-state index is -2.86. The molecule has 0 aromatic rings. The minimum absolute atomic E-state index is 0. The van der Waals surface area contributed by atoms with E-state index >= 15 is 0 Å². The molecule has 0 amide bonds. The van der Waals surface area contributed by atoms with Gasteiger partial charge in [-0.15, -0.1) is 0 Å². The van der Waals surface area contributed by atoms with E-state index in [1.54, 1.807) is 0 Å². The largest absolute Gasteiger partial charge is 2.00 e. The van der Waals surface area contributed by atoms with Crippen LogP contribution in [0.4, 0.5) is 0 Å². The summed E-state index contributed by atoms with van der Waals surface area (Å²) in [6, 6.07) is 0. The molecule has 0 bridgehead atoms. The summed E-state index contributed by atoms with van der Waals surface area (Å²) < 4.78 is 24.1. The molecule has 0 rings (SSSR count).